The standard InChI is InChI=1S/C51H4.C11H10N4/c1-3-5-7-9-11-13-15-17-19-21-23-25-27-29-31-33-35-37-39-41-43-45-47-49-51-50-48-46-44-42-40-38-36-34-32-30-28-26-24-22-20-18-16-14-12-10-8-6-4-2;1-15-6-9(5-14-15)8-2-3-10-11(4-8)13-7-12-10/h1H,2H3;2-7H,1H3,(H,12,13). The molecule has 0 spiro atoms. The smallest absolute Gasteiger partial charge is 0.0931 e. The fourth-order valence-electron chi connectivity index (χ4n) is 3.19. The van der Waals surface area contributed by atoms with Crippen LogP contribution in [0.1, 0.15) is 6.92 Å². The van der Waals surface area contributed by atoms with Crippen LogP contribution in [0, 0.1) is 297 Å². The van der Waals surface area contributed by atoms with Gasteiger partial charge in [-0.2, -0.15) is 5.10 Å². The fraction of sp³-hybridized carbons (Fsp3) is 0.0323. The number of hydrogen-bond acceptors (Lipinski definition) is 2. The predicted molar refractivity (Wildman–Crippen MR) is 259 cm³/mol. The van der Waals surface area contributed by atoms with Crippen LogP contribution in [0.5, 0.6) is 0 Å². The highest BCUT2D eigenvalue weighted by Crippen LogP contribution is 2.21. The molecule has 4 nitrogen and oxygen atoms in total. The third-order valence-electron chi connectivity index (χ3n) is 5.53. The van der Waals surface area contributed by atoms with E-state index in [9.17, 15) is 0 Å². The number of nitrogens with zero attached hydrogens (tertiary/aromatic N) is 3. The van der Waals surface area contributed by atoms with Crippen LogP contribution in [0.3, 0.4) is 0 Å². The summed E-state index contributed by atoms with van der Waals surface area (Å²) >= 11 is 0. The summed E-state index contributed by atoms with van der Waals surface area (Å²) in [6.45, 7) is 1.69. The minimum Gasteiger partial charge on any atom is -0.345 e. The highest BCUT2D eigenvalue weighted by atomic mass is 15.2. The number of imidazole rings is 1. The van der Waals surface area contributed by atoms with Gasteiger partial charge in [0.1, 0.15) is 0 Å². The molecule has 1 N–H and O–H groups in total. The lowest BCUT2D eigenvalue weighted by atomic mass is 10.1. The quantitative estimate of drug-likeness (QED) is 0.385. The van der Waals surface area contributed by atoms with E-state index in [2.05, 4.69) is 317 Å². The van der Waals surface area contributed by atoms with Crippen molar-refractivity contribution in [3.63, 3.8) is 0 Å². The maximum absolute atomic E-state index is 4.94. The van der Waals surface area contributed by atoms with E-state index in [0.29, 0.717) is 0 Å². The van der Waals surface area contributed by atoms with Gasteiger partial charge in [0.05, 0.1) is 23.6 Å². The van der Waals surface area contributed by atoms with E-state index in [-0.39, 0.29) is 0 Å². The van der Waals surface area contributed by atoms with Gasteiger partial charge in [-0.3, -0.25) is 4.68 Å². The van der Waals surface area contributed by atoms with Crippen molar-refractivity contribution in [3.8, 4) is 308 Å². The molecule has 0 radical (unpaired) electrons. The van der Waals surface area contributed by atoms with E-state index in [1.165, 1.54) is 0 Å². The molecule has 0 fully saturated rings. The maximum Gasteiger partial charge on any atom is 0.0931 e. The summed E-state index contributed by atoms with van der Waals surface area (Å²) in [4.78, 5) is 7.28. The first kappa shape index (κ1) is 49.0. The number of H-pyrrole nitrogens is 1. The van der Waals surface area contributed by atoms with Gasteiger partial charge < -0.3 is 4.98 Å². The van der Waals surface area contributed by atoms with E-state index in [1.807, 2.05) is 25.5 Å². The number of aromatic nitrogens is 4. The van der Waals surface area contributed by atoms with Gasteiger partial charge in [0.25, 0.3) is 0 Å². The number of terminal acetylenes is 1. The van der Waals surface area contributed by atoms with Crippen molar-refractivity contribution in [2.24, 2.45) is 7.05 Å². The zero-order valence-corrected chi connectivity index (χ0v) is 34.4. The Hall–Kier alpha value is -13.1. The average molecular weight is 815 g/mol. The molecule has 3 aromatic rings. The van der Waals surface area contributed by atoms with Gasteiger partial charge in [-0.25, -0.2) is 4.98 Å². The lowest BCUT2D eigenvalue weighted by Gasteiger charge is -1.96. The molecule has 0 aliphatic carbocycles. The molecule has 0 saturated heterocycles. The Morgan fingerprint density at radius 1 is 0.394 bits per heavy atom. The van der Waals surface area contributed by atoms with Crippen LogP contribution in [0.15, 0.2) is 36.9 Å². The minimum atomic E-state index is 0.989. The van der Waals surface area contributed by atoms with Crippen LogP contribution in [-0.4, -0.2) is 19.7 Å². The van der Waals surface area contributed by atoms with Crippen LogP contribution in [0.2, 0.25) is 0 Å². The Morgan fingerprint density at radius 3 is 0.939 bits per heavy atom. The van der Waals surface area contributed by atoms with Gasteiger partial charge in [-0.05, 0) is 119 Å². The molecule has 0 amide bonds. The Bertz CT molecular complexity index is 4120. The zero-order chi connectivity index (χ0) is 46.9. The lowest BCUT2D eigenvalue weighted by molar-refractivity contribution is 0.768. The summed E-state index contributed by atoms with van der Waals surface area (Å²) < 4.78 is 1.80. The van der Waals surface area contributed by atoms with Gasteiger partial charge >= 0.3 is 0 Å². The van der Waals surface area contributed by atoms with Crippen LogP contribution < -0.4 is 0 Å². The van der Waals surface area contributed by atoms with Crippen molar-refractivity contribution < 1.29 is 0 Å². The van der Waals surface area contributed by atoms with Gasteiger partial charge in [-0.15, -0.1) is 6.42 Å². The van der Waals surface area contributed by atoms with Crippen molar-refractivity contribution in [2.75, 3.05) is 0 Å². The second kappa shape index (κ2) is 37.5. The molecule has 0 aliphatic rings. The van der Waals surface area contributed by atoms with Gasteiger partial charge in [0, 0.05) is 208 Å². The molecule has 3 rings (SSSR count). The fourth-order valence-corrected chi connectivity index (χ4v) is 3.19. The first-order valence-corrected chi connectivity index (χ1v) is 17.5. The van der Waals surface area contributed by atoms with E-state index in [1.54, 1.807) is 17.9 Å². The molecule has 2 aromatic heterocycles. The molecule has 282 valence electrons. The van der Waals surface area contributed by atoms with Crippen LogP contribution >= 0.6 is 0 Å². The monoisotopic (exact) mass is 814 g/mol. The SMILES string of the molecule is C#CC#CC#CC#CC#CC#CC#CC#CC#CC#CC#CC#CC#CC#CC#CC#CC#CC#CC#CC#CC#CC#CC#CC#CC#CC.Cn1cc(-c2ccc3nc[nH]c3c2)cn1. The number of hydrogen-bond donors (Lipinski definition) is 1. The van der Waals surface area contributed by atoms with E-state index >= 15 is 0 Å². The second-order valence-corrected chi connectivity index (χ2v) is 9.81. The summed E-state index contributed by atoms with van der Waals surface area (Å²) in [5.41, 5.74) is 4.31. The summed E-state index contributed by atoms with van der Waals surface area (Å²) in [6.07, 6.45) is 10.5. The highest BCUT2D eigenvalue weighted by molar-refractivity contribution is 5.81. The molecule has 0 saturated carbocycles. The summed E-state index contributed by atoms with van der Waals surface area (Å²) in [5, 5.41) is 4.15. The van der Waals surface area contributed by atoms with Crippen LogP contribution in [0.4, 0.5) is 0 Å². The Labute approximate surface area is 387 Å². The van der Waals surface area contributed by atoms with Gasteiger partial charge in [-0.1, -0.05) is 12.0 Å². The highest BCUT2D eigenvalue weighted by Gasteiger charge is 2.02. The summed E-state index contributed by atoms with van der Waals surface area (Å²) in [7, 11) is 1.91. The first-order chi connectivity index (χ1) is 32.7. The number of fused-ring (bicyclic) bond motifs is 1. The number of aromatic amines is 1. The molecular weight excluding hydrogens is 801 g/mol. The maximum atomic E-state index is 4.94. The number of nitrogens with one attached hydrogen (secondary N) is 1. The lowest BCUT2D eigenvalue weighted by Crippen LogP contribution is -1.84. The van der Waals surface area contributed by atoms with Crippen LogP contribution in [-0.2, 0) is 7.05 Å². The van der Waals surface area contributed by atoms with Crippen molar-refractivity contribution in [2.45, 2.75) is 6.92 Å². The molecule has 0 aliphatic heterocycles. The molecule has 2 heterocycles. The van der Waals surface area contributed by atoms with Gasteiger partial charge in [0.2, 0.25) is 0 Å². The van der Waals surface area contributed by atoms with Gasteiger partial charge in [0.15, 0.2) is 0 Å². The van der Waals surface area contributed by atoms with E-state index < -0.39 is 0 Å². The third kappa shape index (κ3) is 28.3. The van der Waals surface area contributed by atoms with Crippen molar-refractivity contribution in [1.29, 1.82) is 0 Å². The average Bonchev–Trinajstić information content (AvgIpc) is 4.00. The Kier molecular flexibility index (Phi) is 27.8. The van der Waals surface area contributed by atoms with E-state index in [0.717, 1.165) is 22.2 Å². The number of aryl methyl sites for hydroxylation is 1. The summed E-state index contributed by atoms with van der Waals surface area (Å²) in [5.74, 6) is 122. The number of benzene rings is 1. The molecule has 0 atom stereocenters. The van der Waals surface area contributed by atoms with Crippen molar-refractivity contribution >= 4 is 11.0 Å². The van der Waals surface area contributed by atoms with Crippen molar-refractivity contribution in [3.05, 3.63) is 36.9 Å². The second-order valence-electron chi connectivity index (χ2n) is 9.81. The topological polar surface area (TPSA) is 46.5 Å². The molecular formula is C62H14N4. The molecule has 1 aromatic carbocycles. The normalized spacial score (nSPS) is 5.53. The van der Waals surface area contributed by atoms with Crippen molar-refractivity contribution in [1.82, 2.24) is 19.7 Å². The zero-order valence-electron chi connectivity index (χ0n) is 34.4. The molecule has 0 unspecified atom stereocenters. The Morgan fingerprint density at radius 2 is 0.682 bits per heavy atom. The molecule has 0 bridgehead atoms. The van der Waals surface area contributed by atoms with Crippen LogP contribution in [0.25, 0.3) is 22.2 Å². The minimum absolute atomic E-state index is 0.989. The third-order valence-corrected chi connectivity index (χ3v) is 5.53. The van der Waals surface area contributed by atoms with E-state index in [4.69, 9.17) is 6.42 Å². The predicted octanol–water partition coefficient (Wildman–Crippen LogP) is 2.68. The number of rotatable bonds is 1. The molecule has 66 heavy (non-hydrogen) atoms. The Balaban J connectivity index is 0.000000819. The molecule has 4 heteroatoms. The largest absolute Gasteiger partial charge is 0.345 e. The first-order valence-electron chi connectivity index (χ1n) is 17.5. The summed E-state index contributed by atoms with van der Waals surface area (Å²) in [6, 6.07) is 6.15.